The maximum absolute atomic E-state index is 11.0. The Balaban J connectivity index is 2.45. The van der Waals surface area contributed by atoms with Crippen LogP contribution in [0.5, 0.6) is 17.4 Å². The van der Waals surface area contributed by atoms with Crippen LogP contribution in [-0.4, -0.2) is 22.0 Å². The minimum absolute atomic E-state index is 0.0639. The smallest absolute Gasteiger partial charge is 0.311 e. The summed E-state index contributed by atoms with van der Waals surface area (Å²) in [6.45, 7) is 0. The Bertz CT molecular complexity index is 666. The molecule has 2 rings (SSSR count). The largest absolute Gasteiger partial charge is 0.497 e. The Morgan fingerprint density at radius 2 is 2.10 bits per heavy atom. The molecule has 1 heterocycles. The molecule has 0 aliphatic rings. The first kappa shape index (κ1) is 14.3. The fraction of sp³-hybridized carbons (Fsp3) is 0.0909. The summed E-state index contributed by atoms with van der Waals surface area (Å²) in [6.07, 6.45) is 1.23. The average Bonchev–Trinajstić information content (AvgIpc) is 2.42. The van der Waals surface area contributed by atoms with E-state index in [0.717, 1.165) is 0 Å². The highest BCUT2D eigenvalue weighted by Gasteiger charge is 2.19. The third-order valence-electron chi connectivity index (χ3n) is 2.25. The zero-order valence-electron chi connectivity index (χ0n) is 10.0. The summed E-state index contributed by atoms with van der Waals surface area (Å²) in [4.78, 5) is 17.8. The van der Waals surface area contributed by atoms with Gasteiger partial charge in [0.25, 0.3) is 0 Å². The van der Waals surface area contributed by atoms with Crippen molar-refractivity contribution in [3.05, 3.63) is 44.8 Å². The number of ether oxygens (including phenoxy) is 2. The SMILES string of the molecule is COc1ccc([N+](=O)[O-])c(Oc2nc(Cl)ncc2Cl)c1. The normalized spacial score (nSPS) is 10.2. The van der Waals surface area contributed by atoms with Gasteiger partial charge in [-0.15, -0.1) is 0 Å². The van der Waals surface area contributed by atoms with Gasteiger partial charge in [0.2, 0.25) is 16.9 Å². The first-order valence-electron chi connectivity index (χ1n) is 5.19. The van der Waals surface area contributed by atoms with Gasteiger partial charge in [0.15, 0.2) is 0 Å². The zero-order chi connectivity index (χ0) is 14.7. The van der Waals surface area contributed by atoms with E-state index in [1.807, 2.05) is 0 Å². The average molecular weight is 316 g/mol. The first-order chi connectivity index (χ1) is 9.51. The van der Waals surface area contributed by atoms with Gasteiger partial charge in [0, 0.05) is 12.1 Å². The Hall–Kier alpha value is -2.12. The molecule has 0 unspecified atom stereocenters. The zero-order valence-corrected chi connectivity index (χ0v) is 11.6. The molecule has 7 nitrogen and oxygen atoms in total. The molecule has 0 N–H and O–H groups in total. The van der Waals surface area contributed by atoms with E-state index in [1.165, 1.54) is 31.5 Å². The second kappa shape index (κ2) is 5.89. The second-order valence-corrected chi connectivity index (χ2v) is 4.23. The van der Waals surface area contributed by atoms with Crippen LogP contribution in [0.25, 0.3) is 0 Å². The Labute approximate surface area is 123 Å². The van der Waals surface area contributed by atoms with Gasteiger partial charge in [-0.1, -0.05) is 11.6 Å². The fourth-order valence-electron chi connectivity index (χ4n) is 1.36. The van der Waals surface area contributed by atoms with Crippen molar-refractivity contribution in [1.29, 1.82) is 0 Å². The Kier molecular flexibility index (Phi) is 4.21. The molecule has 0 aliphatic carbocycles. The highest BCUT2D eigenvalue weighted by atomic mass is 35.5. The molecule has 0 saturated heterocycles. The molecule has 0 amide bonds. The van der Waals surface area contributed by atoms with Crippen molar-refractivity contribution in [1.82, 2.24) is 9.97 Å². The minimum atomic E-state index is -0.592. The van der Waals surface area contributed by atoms with Crippen LogP contribution in [-0.2, 0) is 0 Å². The second-order valence-electron chi connectivity index (χ2n) is 3.48. The van der Waals surface area contributed by atoms with E-state index < -0.39 is 4.92 Å². The van der Waals surface area contributed by atoms with Gasteiger partial charge in [-0.3, -0.25) is 10.1 Å². The van der Waals surface area contributed by atoms with E-state index >= 15 is 0 Å². The quantitative estimate of drug-likeness (QED) is 0.487. The summed E-state index contributed by atoms with van der Waals surface area (Å²) >= 11 is 11.5. The molecule has 0 aliphatic heterocycles. The number of nitro benzene ring substituents is 1. The third-order valence-corrected chi connectivity index (χ3v) is 2.69. The van der Waals surface area contributed by atoms with E-state index in [9.17, 15) is 10.1 Å². The lowest BCUT2D eigenvalue weighted by Gasteiger charge is -2.08. The molecule has 1 aromatic heterocycles. The van der Waals surface area contributed by atoms with E-state index in [-0.39, 0.29) is 27.6 Å². The molecule has 9 heteroatoms. The Morgan fingerprint density at radius 1 is 1.35 bits per heavy atom. The van der Waals surface area contributed by atoms with Crippen molar-refractivity contribution >= 4 is 28.9 Å². The van der Waals surface area contributed by atoms with Gasteiger partial charge < -0.3 is 9.47 Å². The van der Waals surface area contributed by atoms with Crippen molar-refractivity contribution < 1.29 is 14.4 Å². The highest BCUT2D eigenvalue weighted by Crippen LogP contribution is 2.36. The first-order valence-corrected chi connectivity index (χ1v) is 5.95. The van der Waals surface area contributed by atoms with Crippen molar-refractivity contribution in [3.63, 3.8) is 0 Å². The number of benzene rings is 1. The van der Waals surface area contributed by atoms with Crippen molar-refractivity contribution in [2.24, 2.45) is 0 Å². The minimum Gasteiger partial charge on any atom is -0.497 e. The van der Waals surface area contributed by atoms with Gasteiger partial charge in [0.1, 0.15) is 10.8 Å². The summed E-state index contributed by atoms with van der Waals surface area (Å²) in [5.74, 6) is 0.246. The van der Waals surface area contributed by atoms with Gasteiger partial charge >= 0.3 is 5.69 Å². The molecule has 20 heavy (non-hydrogen) atoms. The van der Waals surface area contributed by atoms with Crippen molar-refractivity contribution in [2.75, 3.05) is 7.11 Å². The number of rotatable bonds is 4. The lowest BCUT2D eigenvalue weighted by atomic mass is 10.3. The van der Waals surface area contributed by atoms with E-state index in [2.05, 4.69) is 9.97 Å². The van der Waals surface area contributed by atoms with Crippen LogP contribution in [0.4, 0.5) is 5.69 Å². The molecule has 0 atom stereocenters. The summed E-state index contributed by atoms with van der Waals surface area (Å²) < 4.78 is 10.3. The number of methoxy groups -OCH3 is 1. The molecule has 0 saturated carbocycles. The summed E-state index contributed by atoms with van der Waals surface area (Å²) in [5, 5.41) is 10.9. The van der Waals surface area contributed by atoms with E-state index in [4.69, 9.17) is 32.7 Å². The number of aromatic nitrogens is 2. The van der Waals surface area contributed by atoms with Crippen molar-refractivity contribution in [2.45, 2.75) is 0 Å². The van der Waals surface area contributed by atoms with Crippen LogP contribution >= 0.6 is 23.2 Å². The third kappa shape index (κ3) is 3.06. The lowest BCUT2D eigenvalue weighted by Crippen LogP contribution is -1.97. The van der Waals surface area contributed by atoms with Crippen LogP contribution in [0.2, 0.25) is 10.3 Å². The number of nitro groups is 1. The standard InChI is InChI=1S/C11H7Cl2N3O4/c1-19-6-2-3-8(16(17)18)9(4-6)20-10-7(12)5-14-11(13)15-10/h2-5H,1H3. The summed E-state index contributed by atoms with van der Waals surface area (Å²) in [7, 11) is 1.43. The van der Waals surface area contributed by atoms with Gasteiger partial charge in [-0.25, -0.2) is 4.98 Å². The topological polar surface area (TPSA) is 87.4 Å². The molecule has 0 fully saturated rings. The summed E-state index contributed by atoms with van der Waals surface area (Å²) in [5.41, 5.74) is -0.253. The maximum atomic E-state index is 11.0. The van der Waals surface area contributed by atoms with Crippen LogP contribution in [0, 0.1) is 10.1 Å². The molecule has 0 bridgehead atoms. The predicted molar refractivity (Wildman–Crippen MR) is 71.8 cm³/mol. The maximum Gasteiger partial charge on any atom is 0.311 e. The molecule has 1 aromatic carbocycles. The van der Waals surface area contributed by atoms with Gasteiger partial charge in [0.05, 0.1) is 18.2 Å². The molecular formula is C11H7Cl2N3O4. The van der Waals surface area contributed by atoms with Crippen LogP contribution in [0.1, 0.15) is 0 Å². The highest BCUT2D eigenvalue weighted by molar-refractivity contribution is 6.32. The fourth-order valence-corrected chi connectivity index (χ4v) is 1.62. The number of hydrogen-bond donors (Lipinski definition) is 0. The van der Waals surface area contributed by atoms with E-state index in [0.29, 0.717) is 5.75 Å². The molecule has 2 aromatic rings. The van der Waals surface area contributed by atoms with Gasteiger partial charge in [-0.2, -0.15) is 4.98 Å². The molecule has 104 valence electrons. The van der Waals surface area contributed by atoms with Crippen molar-refractivity contribution in [3.8, 4) is 17.4 Å². The number of nitrogens with zero attached hydrogens (tertiary/aromatic N) is 3. The van der Waals surface area contributed by atoms with Gasteiger partial charge in [-0.05, 0) is 17.7 Å². The Morgan fingerprint density at radius 3 is 2.75 bits per heavy atom. The molecular weight excluding hydrogens is 309 g/mol. The molecule has 0 spiro atoms. The lowest BCUT2D eigenvalue weighted by molar-refractivity contribution is -0.385. The van der Waals surface area contributed by atoms with Crippen LogP contribution in [0.3, 0.4) is 0 Å². The predicted octanol–water partition coefficient (Wildman–Crippen LogP) is 3.49. The van der Waals surface area contributed by atoms with E-state index in [1.54, 1.807) is 0 Å². The number of hydrogen-bond acceptors (Lipinski definition) is 6. The number of halogens is 2. The molecule has 0 radical (unpaired) electrons. The summed E-state index contributed by atoms with van der Waals surface area (Å²) in [6, 6.07) is 4.05. The van der Waals surface area contributed by atoms with Crippen LogP contribution < -0.4 is 9.47 Å². The van der Waals surface area contributed by atoms with Crippen LogP contribution in [0.15, 0.2) is 24.4 Å². The monoisotopic (exact) mass is 315 g/mol.